The Morgan fingerprint density at radius 3 is 2.54 bits per heavy atom. The van der Waals surface area contributed by atoms with Crippen molar-refractivity contribution in [2.24, 2.45) is 11.8 Å². The first-order valence-electron chi connectivity index (χ1n) is 8.13. The van der Waals surface area contributed by atoms with Crippen molar-refractivity contribution in [3.63, 3.8) is 0 Å². The van der Waals surface area contributed by atoms with Gasteiger partial charge in [0, 0.05) is 17.8 Å². The maximum atomic E-state index is 12.5. The summed E-state index contributed by atoms with van der Waals surface area (Å²) in [6, 6.07) is 6.85. The molecule has 2 unspecified atom stereocenters. The highest BCUT2D eigenvalue weighted by atomic mass is 16.2. The van der Waals surface area contributed by atoms with E-state index in [0.29, 0.717) is 23.2 Å². The predicted octanol–water partition coefficient (Wildman–Crippen LogP) is 1.22. The van der Waals surface area contributed by atoms with Crippen molar-refractivity contribution in [1.82, 2.24) is 20.6 Å². The molecular weight excluding hydrogens is 308 g/mol. The second-order valence-electron chi connectivity index (χ2n) is 6.19. The number of nitrogens with zero attached hydrogens (tertiary/aromatic N) is 2. The topological polar surface area (TPSA) is 93.1 Å². The Bertz CT molecular complexity index is 859. The van der Waals surface area contributed by atoms with Crippen molar-refractivity contribution >= 4 is 22.6 Å². The SMILES string of the molecule is CCCn1nc(C(=O)NNC(=O)C2CC2C)c2ccccc2c1=O. The minimum absolute atomic E-state index is 0.0379. The van der Waals surface area contributed by atoms with E-state index >= 15 is 0 Å². The van der Waals surface area contributed by atoms with Gasteiger partial charge >= 0.3 is 0 Å². The third-order valence-corrected chi connectivity index (χ3v) is 4.26. The van der Waals surface area contributed by atoms with Crippen LogP contribution in [0.4, 0.5) is 0 Å². The molecule has 126 valence electrons. The summed E-state index contributed by atoms with van der Waals surface area (Å²) in [7, 11) is 0. The van der Waals surface area contributed by atoms with Gasteiger partial charge in [-0.25, -0.2) is 4.68 Å². The third-order valence-electron chi connectivity index (χ3n) is 4.26. The zero-order valence-electron chi connectivity index (χ0n) is 13.7. The van der Waals surface area contributed by atoms with Crippen LogP contribution < -0.4 is 16.4 Å². The molecule has 7 nitrogen and oxygen atoms in total. The molecule has 1 saturated carbocycles. The Balaban J connectivity index is 1.89. The van der Waals surface area contributed by atoms with Gasteiger partial charge in [-0.3, -0.25) is 25.2 Å². The van der Waals surface area contributed by atoms with E-state index in [-0.39, 0.29) is 23.1 Å². The summed E-state index contributed by atoms with van der Waals surface area (Å²) < 4.78 is 1.29. The number of hydrogen-bond acceptors (Lipinski definition) is 4. The van der Waals surface area contributed by atoms with Crippen molar-refractivity contribution in [2.45, 2.75) is 33.2 Å². The molecular formula is C17H20N4O3. The van der Waals surface area contributed by atoms with E-state index in [1.54, 1.807) is 24.3 Å². The highest BCUT2D eigenvalue weighted by molar-refractivity contribution is 6.05. The third kappa shape index (κ3) is 3.02. The summed E-state index contributed by atoms with van der Waals surface area (Å²) in [4.78, 5) is 36.7. The lowest BCUT2D eigenvalue weighted by atomic mass is 10.1. The lowest BCUT2D eigenvalue weighted by Crippen LogP contribution is -2.43. The zero-order chi connectivity index (χ0) is 17.3. The van der Waals surface area contributed by atoms with Gasteiger partial charge < -0.3 is 0 Å². The standard InChI is InChI=1S/C17H20N4O3/c1-3-8-21-17(24)12-7-5-4-6-11(12)14(20-21)16(23)19-18-15(22)13-9-10(13)2/h4-7,10,13H,3,8-9H2,1-2H3,(H,18,22)(H,19,23). The van der Waals surface area contributed by atoms with Crippen LogP contribution in [0, 0.1) is 11.8 Å². The molecule has 0 spiro atoms. The molecule has 1 aliphatic rings. The lowest BCUT2D eigenvalue weighted by Gasteiger charge is -2.11. The van der Waals surface area contributed by atoms with E-state index < -0.39 is 5.91 Å². The highest BCUT2D eigenvalue weighted by Gasteiger charge is 2.39. The number of aryl methyl sites for hydroxylation is 1. The molecule has 1 heterocycles. The van der Waals surface area contributed by atoms with E-state index in [9.17, 15) is 14.4 Å². The van der Waals surface area contributed by atoms with E-state index in [4.69, 9.17) is 0 Å². The second kappa shape index (κ2) is 6.43. The minimum Gasteiger partial charge on any atom is -0.273 e. The summed E-state index contributed by atoms with van der Waals surface area (Å²) in [5.74, 6) is -0.406. The molecule has 1 aromatic carbocycles. The van der Waals surface area contributed by atoms with Crippen LogP contribution in [-0.2, 0) is 11.3 Å². The van der Waals surface area contributed by atoms with Crippen LogP contribution in [0.1, 0.15) is 37.2 Å². The number of amides is 2. The maximum Gasteiger partial charge on any atom is 0.290 e. The maximum absolute atomic E-state index is 12.5. The number of hydrazine groups is 1. The van der Waals surface area contributed by atoms with Crippen LogP contribution in [0.3, 0.4) is 0 Å². The molecule has 2 aromatic rings. The second-order valence-corrected chi connectivity index (χ2v) is 6.19. The Morgan fingerprint density at radius 1 is 1.25 bits per heavy atom. The van der Waals surface area contributed by atoms with Crippen LogP contribution >= 0.6 is 0 Å². The average molecular weight is 328 g/mol. The van der Waals surface area contributed by atoms with Crippen LogP contribution in [0.5, 0.6) is 0 Å². The van der Waals surface area contributed by atoms with Crippen LogP contribution in [0.2, 0.25) is 0 Å². The van der Waals surface area contributed by atoms with Gasteiger partial charge in [-0.05, 0) is 24.8 Å². The van der Waals surface area contributed by atoms with Gasteiger partial charge in [-0.2, -0.15) is 5.10 Å². The van der Waals surface area contributed by atoms with Crippen LogP contribution in [0.25, 0.3) is 10.8 Å². The fourth-order valence-corrected chi connectivity index (χ4v) is 2.72. The van der Waals surface area contributed by atoms with Gasteiger partial charge in [0.05, 0.1) is 5.39 Å². The summed E-state index contributed by atoms with van der Waals surface area (Å²) in [5, 5.41) is 5.10. The molecule has 2 atom stereocenters. The molecule has 2 N–H and O–H groups in total. The Labute approximate surface area is 139 Å². The van der Waals surface area contributed by atoms with Crippen molar-refractivity contribution < 1.29 is 9.59 Å². The number of aromatic nitrogens is 2. The molecule has 0 radical (unpaired) electrons. The normalized spacial score (nSPS) is 19.1. The smallest absolute Gasteiger partial charge is 0.273 e. The van der Waals surface area contributed by atoms with Crippen molar-refractivity contribution in [3.8, 4) is 0 Å². The van der Waals surface area contributed by atoms with Gasteiger partial charge in [-0.15, -0.1) is 0 Å². The van der Waals surface area contributed by atoms with E-state index in [2.05, 4.69) is 16.0 Å². The number of benzene rings is 1. The Hall–Kier alpha value is -2.70. The Kier molecular flexibility index (Phi) is 4.33. The largest absolute Gasteiger partial charge is 0.290 e. The summed E-state index contributed by atoms with van der Waals surface area (Å²) in [6.45, 7) is 4.34. The molecule has 0 aliphatic heterocycles. The molecule has 3 rings (SSSR count). The first-order valence-corrected chi connectivity index (χ1v) is 8.13. The molecule has 1 aromatic heterocycles. The quantitative estimate of drug-likeness (QED) is 0.825. The van der Waals surface area contributed by atoms with Gasteiger partial charge in [0.2, 0.25) is 5.91 Å². The zero-order valence-corrected chi connectivity index (χ0v) is 13.7. The molecule has 0 saturated heterocycles. The number of nitrogens with one attached hydrogen (secondary N) is 2. The lowest BCUT2D eigenvalue weighted by molar-refractivity contribution is -0.123. The first-order chi connectivity index (χ1) is 11.5. The van der Waals surface area contributed by atoms with Crippen molar-refractivity contribution in [3.05, 3.63) is 40.3 Å². The van der Waals surface area contributed by atoms with Crippen molar-refractivity contribution in [2.75, 3.05) is 0 Å². The van der Waals surface area contributed by atoms with Gasteiger partial charge in [-0.1, -0.05) is 32.0 Å². The summed E-state index contributed by atoms with van der Waals surface area (Å²) >= 11 is 0. The number of carbonyl (C=O) groups is 2. The average Bonchev–Trinajstić information content (AvgIpc) is 3.32. The monoisotopic (exact) mass is 328 g/mol. The highest BCUT2D eigenvalue weighted by Crippen LogP contribution is 2.37. The van der Waals surface area contributed by atoms with Crippen LogP contribution in [0.15, 0.2) is 29.1 Å². The van der Waals surface area contributed by atoms with E-state index in [1.165, 1.54) is 4.68 Å². The fraction of sp³-hybridized carbons (Fsp3) is 0.412. The van der Waals surface area contributed by atoms with E-state index in [0.717, 1.165) is 12.8 Å². The molecule has 1 fully saturated rings. The number of fused-ring (bicyclic) bond motifs is 1. The predicted molar refractivity (Wildman–Crippen MR) is 89.2 cm³/mol. The molecule has 0 bridgehead atoms. The minimum atomic E-state index is -0.530. The van der Waals surface area contributed by atoms with Crippen molar-refractivity contribution in [1.29, 1.82) is 0 Å². The van der Waals surface area contributed by atoms with Gasteiger partial charge in [0.25, 0.3) is 11.5 Å². The molecule has 1 aliphatic carbocycles. The summed E-state index contributed by atoms with van der Waals surface area (Å²) in [6.07, 6.45) is 1.56. The van der Waals surface area contributed by atoms with Gasteiger partial charge in [0.15, 0.2) is 5.69 Å². The van der Waals surface area contributed by atoms with Gasteiger partial charge in [0.1, 0.15) is 0 Å². The van der Waals surface area contributed by atoms with E-state index in [1.807, 2.05) is 13.8 Å². The number of hydrogen-bond donors (Lipinski definition) is 2. The molecule has 7 heteroatoms. The first kappa shape index (κ1) is 16.2. The molecule has 24 heavy (non-hydrogen) atoms. The number of rotatable bonds is 4. The molecule has 2 amide bonds. The summed E-state index contributed by atoms with van der Waals surface area (Å²) in [5.41, 5.74) is 4.75. The fourth-order valence-electron chi connectivity index (χ4n) is 2.72. The Morgan fingerprint density at radius 2 is 1.92 bits per heavy atom. The van der Waals surface area contributed by atoms with Crippen LogP contribution in [-0.4, -0.2) is 21.6 Å². The number of carbonyl (C=O) groups excluding carboxylic acids is 2.